The van der Waals surface area contributed by atoms with Crippen molar-refractivity contribution < 1.29 is 24.3 Å². The Labute approximate surface area is 383 Å². The first-order valence-electron chi connectivity index (χ1n) is 19.8. The Morgan fingerprint density at radius 3 is 0.393 bits per heavy atom. The molecule has 6 heteroatoms. The third kappa shape index (κ3) is 14.5. The van der Waals surface area contributed by atoms with Gasteiger partial charge in [0, 0.05) is 0 Å². The Hall–Kier alpha value is -5.15. The summed E-state index contributed by atoms with van der Waals surface area (Å²) in [5, 5.41) is 12.9. The van der Waals surface area contributed by atoms with Gasteiger partial charge in [-0.25, -0.2) is 0 Å². The van der Waals surface area contributed by atoms with Crippen LogP contribution in [0.15, 0.2) is 273 Å². The number of halogens is 1. The zero-order valence-corrected chi connectivity index (χ0v) is 39.1. The maximum atomic E-state index is 8.45. The molecule has 9 aromatic rings. The van der Waals surface area contributed by atoms with E-state index in [-0.39, 0.29) is 19.5 Å². The van der Waals surface area contributed by atoms with E-state index in [1.807, 2.05) is 0 Å². The summed E-state index contributed by atoms with van der Waals surface area (Å²) in [7, 11) is -2.63. The second-order valence-corrected chi connectivity index (χ2v) is 21.1. The monoisotopic (exact) mass is 954 g/mol. The van der Waals surface area contributed by atoms with Gasteiger partial charge in [-0.05, 0) is 109 Å². The predicted molar refractivity (Wildman–Crippen MR) is 271 cm³/mol. The van der Waals surface area contributed by atoms with E-state index < -0.39 is 23.8 Å². The van der Waals surface area contributed by atoms with Crippen LogP contribution in [0.1, 0.15) is 0 Å². The molecule has 0 amide bonds. The maximum Gasteiger partial charge on any atom is 1.00 e. The van der Waals surface area contributed by atoms with Crippen molar-refractivity contribution in [3.63, 3.8) is 0 Å². The molecule has 0 aromatic heterocycles. The van der Waals surface area contributed by atoms with E-state index in [1.165, 1.54) is 47.7 Å². The van der Waals surface area contributed by atoms with Gasteiger partial charge in [0.05, 0.1) is 23.8 Å². The molecule has 0 bridgehead atoms. The van der Waals surface area contributed by atoms with Crippen LogP contribution in [0.25, 0.3) is 0 Å². The van der Waals surface area contributed by atoms with Crippen LogP contribution >= 0.6 is 35.4 Å². The molecule has 301 valence electrons. The van der Waals surface area contributed by atoms with Crippen LogP contribution < -0.4 is 47.7 Å². The molecule has 0 N–H and O–H groups in total. The molecule has 61 heavy (non-hydrogen) atoms. The topological polar surface area (TPSA) is 17.1 Å². The van der Waals surface area contributed by atoms with E-state index in [1.54, 1.807) is 0 Å². The molecule has 1 nitrogen and oxygen atoms in total. The minimum absolute atomic E-state index is 0. The van der Waals surface area contributed by atoms with Gasteiger partial charge in [-0.3, -0.25) is 0 Å². The van der Waals surface area contributed by atoms with Gasteiger partial charge in [-0.15, -0.1) is 0 Å². The first kappa shape index (κ1) is 46.9. The number of rotatable bonds is 9. The second kappa shape index (κ2) is 26.9. The van der Waals surface area contributed by atoms with Crippen LogP contribution in [0.2, 0.25) is 0 Å². The molecule has 1 radical (unpaired) electrons. The van der Waals surface area contributed by atoms with Gasteiger partial charge in [0.25, 0.3) is 0 Å². The van der Waals surface area contributed by atoms with Crippen molar-refractivity contribution in [2.45, 2.75) is 0 Å². The van der Waals surface area contributed by atoms with Gasteiger partial charge in [0.15, 0.2) is 0 Å². The number of hydrogen-bond acceptors (Lipinski definition) is 1. The molecule has 0 saturated carbocycles. The van der Waals surface area contributed by atoms with Crippen LogP contribution in [0.3, 0.4) is 0 Å². The second-order valence-electron chi connectivity index (χ2n) is 13.5. The van der Waals surface area contributed by atoms with Crippen LogP contribution in [0.4, 0.5) is 0 Å². The molecule has 0 heterocycles. The summed E-state index contributed by atoms with van der Waals surface area (Å²) in [5.74, 6) is 0.972. The molecule has 0 fully saturated rings. The van der Waals surface area contributed by atoms with Gasteiger partial charge in [-0.1, -0.05) is 164 Å². The SMILES string of the molecule is O=[C-]Cl.[Ru+].c1ccc([PH+](c2ccccc2)c2ccccc2)cc1.c1ccc([PH+](c2ccccc2)c2ccccc2)cc1.c1ccc([PH+](c2ccccc2)c2ccccc2)cc1. The Kier molecular flexibility index (Phi) is 20.7. The van der Waals surface area contributed by atoms with E-state index in [4.69, 9.17) is 4.79 Å². The van der Waals surface area contributed by atoms with E-state index in [9.17, 15) is 0 Å². The Morgan fingerprint density at radius 1 is 0.230 bits per heavy atom. The maximum absolute atomic E-state index is 8.45. The predicted octanol–water partition coefficient (Wildman–Crippen LogP) is 9.82. The summed E-state index contributed by atoms with van der Waals surface area (Å²) in [6.07, 6.45) is 0. The van der Waals surface area contributed by atoms with Crippen LogP contribution in [0.5, 0.6) is 0 Å². The standard InChI is InChI=1S/3C18H15P.CClO.Ru/c3*1-4-10-16(11-5-1)19(17-12-6-2-7-13-17)18-14-8-3-9-15-18;2-1-3;/h3*1-15H;;/q;;;-1;+1/p+3. The third-order valence-corrected chi connectivity index (χ3v) is 17.8. The molecule has 9 aromatic carbocycles. The van der Waals surface area contributed by atoms with Crippen LogP contribution in [0, 0.1) is 0 Å². The van der Waals surface area contributed by atoms with Gasteiger partial charge < -0.3 is 16.4 Å². The Bertz CT molecular complexity index is 1930. The van der Waals surface area contributed by atoms with Crippen molar-refractivity contribution in [3.05, 3.63) is 273 Å². The minimum Gasteiger partial charge on any atom is -0.525 e. The normalized spacial score (nSPS) is 10.1. The van der Waals surface area contributed by atoms with Crippen molar-refractivity contribution in [2.75, 3.05) is 0 Å². The molecule has 0 atom stereocenters. The summed E-state index contributed by atoms with van der Waals surface area (Å²) in [4.78, 5) is 8.45. The number of benzene rings is 9. The van der Waals surface area contributed by atoms with Crippen molar-refractivity contribution in [3.8, 4) is 0 Å². The molecule has 9 rings (SSSR count). The summed E-state index contributed by atoms with van der Waals surface area (Å²) >= 11 is 4.19. The quantitative estimate of drug-likeness (QED) is 0.0610. The zero-order valence-electron chi connectivity index (χ0n) is 33.6. The van der Waals surface area contributed by atoms with Crippen LogP contribution in [-0.4, -0.2) is 5.75 Å². The molecular formula is C55H48ClOP3Ru+3. The van der Waals surface area contributed by atoms with Gasteiger partial charge >= 0.3 is 19.5 Å². The third-order valence-electron chi connectivity index (χ3n) is 9.56. The first-order valence-corrected chi connectivity index (χ1v) is 24.7. The molecule has 0 aliphatic rings. The first-order chi connectivity index (χ1) is 29.8. The Morgan fingerprint density at radius 2 is 0.311 bits per heavy atom. The Balaban J connectivity index is 0.000000166. The molecule has 0 unspecified atom stereocenters. The van der Waals surface area contributed by atoms with E-state index in [0.717, 1.165) is 5.75 Å². The number of carbonyl (C=O) groups excluding carboxylic acids is 1. The van der Waals surface area contributed by atoms with E-state index >= 15 is 0 Å². The summed E-state index contributed by atoms with van der Waals surface area (Å²) in [5.41, 5.74) is 0. The summed E-state index contributed by atoms with van der Waals surface area (Å²) < 4.78 is 0. The summed E-state index contributed by atoms with van der Waals surface area (Å²) in [6, 6.07) is 97.5. The minimum atomic E-state index is -0.877. The van der Waals surface area contributed by atoms with Crippen molar-refractivity contribution in [1.29, 1.82) is 0 Å². The van der Waals surface area contributed by atoms with E-state index in [0.29, 0.717) is 0 Å². The average molecular weight is 954 g/mol. The zero-order chi connectivity index (χ0) is 41.5. The molecule has 0 spiro atoms. The molecular weight excluding hydrogens is 906 g/mol. The van der Waals surface area contributed by atoms with Gasteiger partial charge in [-0.2, -0.15) is 5.75 Å². The number of hydrogen-bond donors (Lipinski definition) is 0. The molecule has 0 aliphatic carbocycles. The van der Waals surface area contributed by atoms with Crippen molar-refractivity contribution in [1.82, 2.24) is 0 Å². The fraction of sp³-hybridized carbons (Fsp3) is 0. The fourth-order valence-electron chi connectivity index (χ4n) is 6.94. The average Bonchev–Trinajstić information content (AvgIpc) is 3.33. The van der Waals surface area contributed by atoms with Crippen molar-refractivity contribution in [2.24, 2.45) is 0 Å². The molecule has 0 aliphatic heterocycles. The fourth-order valence-corrected chi connectivity index (χ4v) is 14.7. The summed E-state index contributed by atoms with van der Waals surface area (Å²) in [6.45, 7) is 0. The smallest absolute Gasteiger partial charge is 0.525 e. The van der Waals surface area contributed by atoms with Crippen molar-refractivity contribution >= 4 is 88.9 Å². The van der Waals surface area contributed by atoms with Gasteiger partial charge in [0.1, 0.15) is 47.7 Å². The molecule has 0 saturated heterocycles. The van der Waals surface area contributed by atoms with E-state index in [2.05, 4.69) is 285 Å². The largest absolute Gasteiger partial charge is 1.00 e. The van der Waals surface area contributed by atoms with Crippen LogP contribution in [-0.2, 0) is 24.3 Å². The van der Waals surface area contributed by atoms with Gasteiger partial charge in [0.2, 0.25) is 0 Å².